The number of aryl methyl sites for hydroxylation is 1. The standard InChI is InChI=1S/C27H38ClN7O3S/c1-16(2)39(36,37)25(29)23(14-30-4)33-26-21(28)13-32-27(35-26)34-22-11-17(3)20(19-7-9-31-10-8-19)12-24(22)38-15-18-5-6-18/h11-14,16,18-19,31H,5-10,15,29H2,1-4H3,(H2,32,33,34,35). The Bertz CT molecular complexity index is 1350. The first-order valence-corrected chi connectivity index (χ1v) is 15.2. The molecule has 1 aliphatic heterocycles. The third-order valence-electron chi connectivity index (χ3n) is 7.01. The summed E-state index contributed by atoms with van der Waals surface area (Å²) < 4.78 is 31.6. The molecule has 2 heterocycles. The SMILES string of the molecule is CN=CC(Nc1nc(Nc2cc(C)c(C3CCNCC3)cc2OCC2CC2)ncc1Cl)=C(N)S(=O)(=O)C(C)C. The van der Waals surface area contributed by atoms with Crippen molar-refractivity contribution in [1.82, 2.24) is 15.3 Å². The quantitative estimate of drug-likeness (QED) is 0.285. The highest BCUT2D eigenvalue weighted by molar-refractivity contribution is 7.95. The molecule has 2 aromatic rings. The fraction of sp³-hybridized carbons (Fsp3) is 0.519. The molecule has 2 aliphatic rings. The minimum Gasteiger partial charge on any atom is -0.491 e. The van der Waals surface area contributed by atoms with Crippen LogP contribution >= 0.6 is 11.6 Å². The van der Waals surface area contributed by atoms with Gasteiger partial charge in [0.15, 0.2) is 20.7 Å². The third kappa shape index (κ3) is 7.20. The highest BCUT2D eigenvalue weighted by Gasteiger charge is 2.25. The van der Waals surface area contributed by atoms with Crippen LogP contribution in [-0.4, -0.2) is 56.6 Å². The maximum absolute atomic E-state index is 12.7. The number of hydrogen-bond donors (Lipinski definition) is 4. The van der Waals surface area contributed by atoms with E-state index in [1.807, 2.05) is 0 Å². The molecule has 0 spiro atoms. The number of allylic oxidation sites excluding steroid dienone is 1. The lowest BCUT2D eigenvalue weighted by atomic mass is 9.87. The summed E-state index contributed by atoms with van der Waals surface area (Å²) in [6, 6.07) is 4.23. The molecule has 0 bridgehead atoms. The van der Waals surface area contributed by atoms with E-state index in [0.717, 1.165) is 37.4 Å². The number of ether oxygens (including phenoxy) is 1. The number of nitrogens with zero attached hydrogens (tertiary/aromatic N) is 3. The minimum absolute atomic E-state index is 0.0772. The fourth-order valence-electron chi connectivity index (χ4n) is 4.44. The number of nitrogens with one attached hydrogen (secondary N) is 3. The molecule has 4 rings (SSSR count). The van der Waals surface area contributed by atoms with Crippen LogP contribution in [0.2, 0.25) is 5.02 Å². The maximum atomic E-state index is 12.7. The third-order valence-corrected chi connectivity index (χ3v) is 9.36. The number of piperidine rings is 1. The van der Waals surface area contributed by atoms with E-state index in [1.165, 1.54) is 43.4 Å². The van der Waals surface area contributed by atoms with E-state index in [-0.39, 0.29) is 27.5 Å². The van der Waals surface area contributed by atoms with Gasteiger partial charge in [-0.15, -0.1) is 0 Å². The Hall–Kier alpha value is -2.89. The van der Waals surface area contributed by atoms with E-state index in [0.29, 0.717) is 18.4 Å². The zero-order valence-corrected chi connectivity index (χ0v) is 24.5. The average molecular weight is 576 g/mol. The molecule has 1 aromatic carbocycles. The van der Waals surface area contributed by atoms with Crippen molar-refractivity contribution in [1.29, 1.82) is 0 Å². The summed E-state index contributed by atoms with van der Waals surface area (Å²) in [5.41, 5.74) is 9.35. The monoisotopic (exact) mass is 575 g/mol. The highest BCUT2D eigenvalue weighted by Crippen LogP contribution is 2.38. The summed E-state index contributed by atoms with van der Waals surface area (Å²) in [6.45, 7) is 7.93. The number of aromatic nitrogens is 2. The number of hydrogen-bond acceptors (Lipinski definition) is 10. The van der Waals surface area contributed by atoms with E-state index >= 15 is 0 Å². The van der Waals surface area contributed by atoms with Gasteiger partial charge >= 0.3 is 0 Å². The van der Waals surface area contributed by atoms with Gasteiger partial charge in [0.1, 0.15) is 10.8 Å². The highest BCUT2D eigenvalue weighted by atomic mass is 35.5. The van der Waals surface area contributed by atoms with Crippen LogP contribution in [0.3, 0.4) is 0 Å². The van der Waals surface area contributed by atoms with Crippen LogP contribution < -0.4 is 26.4 Å². The van der Waals surface area contributed by atoms with Gasteiger partial charge in [0.2, 0.25) is 5.95 Å². The van der Waals surface area contributed by atoms with E-state index < -0.39 is 15.1 Å². The van der Waals surface area contributed by atoms with Gasteiger partial charge in [-0.1, -0.05) is 11.6 Å². The summed E-state index contributed by atoms with van der Waals surface area (Å²) in [5, 5.41) is 8.79. The smallest absolute Gasteiger partial charge is 0.229 e. The van der Waals surface area contributed by atoms with Crippen molar-refractivity contribution in [2.24, 2.45) is 16.6 Å². The van der Waals surface area contributed by atoms with E-state index in [1.54, 1.807) is 13.8 Å². The van der Waals surface area contributed by atoms with Crippen LogP contribution in [0.25, 0.3) is 0 Å². The summed E-state index contributed by atoms with van der Waals surface area (Å²) in [6.07, 6.45) is 7.34. The van der Waals surface area contributed by atoms with Gasteiger partial charge in [-0.3, -0.25) is 4.99 Å². The van der Waals surface area contributed by atoms with E-state index in [2.05, 4.69) is 50.0 Å². The minimum atomic E-state index is -3.74. The Morgan fingerprint density at radius 3 is 2.64 bits per heavy atom. The first kappa shape index (κ1) is 29.1. The Balaban J connectivity index is 1.65. The molecule has 212 valence electrons. The maximum Gasteiger partial charge on any atom is 0.229 e. The van der Waals surface area contributed by atoms with Crippen molar-refractivity contribution >= 4 is 45.1 Å². The molecule has 12 heteroatoms. The number of anilines is 3. The van der Waals surface area contributed by atoms with Crippen LogP contribution in [0.5, 0.6) is 5.75 Å². The molecule has 5 N–H and O–H groups in total. The van der Waals surface area contributed by atoms with Crippen molar-refractivity contribution in [2.45, 2.75) is 57.6 Å². The Labute approximate surface area is 235 Å². The van der Waals surface area contributed by atoms with Crippen LogP contribution in [0.4, 0.5) is 17.5 Å². The first-order valence-electron chi connectivity index (χ1n) is 13.3. The Morgan fingerprint density at radius 2 is 2.00 bits per heavy atom. The largest absolute Gasteiger partial charge is 0.491 e. The normalized spacial score (nSPS) is 17.4. The number of aliphatic imine (C=N–C) groups is 1. The summed E-state index contributed by atoms with van der Waals surface area (Å²) in [7, 11) is -2.22. The van der Waals surface area contributed by atoms with Crippen molar-refractivity contribution in [3.63, 3.8) is 0 Å². The number of halogens is 1. The fourth-order valence-corrected chi connectivity index (χ4v) is 5.50. The van der Waals surface area contributed by atoms with Gasteiger partial charge in [0.05, 0.1) is 29.4 Å². The molecule has 39 heavy (non-hydrogen) atoms. The summed E-state index contributed by atoms with van der Waals surface area (Å²) in [4.78, 5) is 12.8. The molecule has 0 unspecified atom stereocenters. The van der Waals surface area contributed by atoms with Crippen molar-refractivity contribution in [3.05, 3.63) is 45.2 Å². The van der Waals surface area contributed by atoms with E-state index in [9.17, 15) is 8.42 Å². The summed E-state index contributed by atoms with van der Waals surface area (Å²) in [5.74, 6) is 2.31. The molecule has 2 fully saturated rings. The van der Waals surface area contributed by atoms with Gasteiger partial charge in [0, 0.05) is 13.3 Å². The van der Waals surface area contributed by atoms with Crippen LogP contribution in [0.15, 0.2) is 34.0 Å². The number of nitrogens with two attached hydrogens (primary N) is 1. The molecule has 0 amide bonds. The van der Waals surface area contributed by atoms with Gasteiger partial charge in [-0.25, -0.2) is 13.4 Å². The second-order valence-electron chi connectivity index (χ2n) is 10.4. The molecule has 1 saturated carbocycles. The number of benzene rings is 1. The average Bonchev–Trinajstić information content (AvgIpc) is 3.74. The molecule has 0 radical (unpaired) electrons. The molecular weight excluding hydrogens is 538 g/mol. The molecule has 1 aromatic heterocycles. The predicted molar refractivity (Wildman–Crippen MR) is 158 cm³/mol. The molecule has 0 atom stereocenters. The lowest BCUT2D eigenvalue weighted by molar-refractivity contribution is 0.300. The molecule has 10 nitrogen and oxygen atoms in total. The lowest BCUT2D eigenvalue weighted by Crippen LogP contribution is -2.27. The first-order chi connectivity index (χ1) is 18.6. The van der Waals surface area contributed by atoms with E-state index in [4.69, 9.17) is 22.1 Å². The molecular formula is C27H38ClN7O3S. The molecule has 1 aliphatic carbocycles. The van der Waals surface area contributed by atoms with Crippen LogP contribution in [-0.2, 0) is 9.84 Å². The van der Waals surface area contributed by atoms with Crippen molar-refractivity contribution in [2.75, 3.05) is 37.4 Å². The van der Waals surface area contributed by atoms with Crippen LogP contribution in [0, 0.1) is 12.8 Å². The second kappa shape index (κ2) is 12.5. The zero-order valence-electron chi connectivity index (χ0n) is 22.9. The van der Waals surface area contributed by atoms with Crippen molar-refractivity contribution < 1.29 is 13.2 Å². The van der Waals surface area contributed by atoms with Gasteiger partial charge < -0.3 is 26.4 Å². The second-order valence-corrected chi connectivity index (χ2v) is 13.3. The number of rotatable bonds is 11. The Kier molecular flexibility index (Phi) is 9.35. The predicted octanol–water partition coefficient (Wildman–Crippen LogP) is 4.50. The zero-order chi connectivity index (χ0) is 28.2. The Morgan fingerprint density at radius 1 is 1.28 bits per heavy atom. The van der Waals surface area contributed by atoms with Gasteiger partial charge in [-0.05, 0) is 94.6 Å². The molecule has 1 saturated heterocycles. The number of sulfone groups is 1. The lowest BCUT2D eigenvalue weighted by Gasteiger charge is -2.26. The van der Waals surface area contributed by atoms with Crippen molar-refractivity contribution in [3.8, 4) is 5.75 Å². The topological polar surface area (TPSA) is 144 Å². The summed E-state index contributed by atoms with van der Waals surface area (Å²) >= 11 is 6.38. The van der Waals surface area contributed by atoms with Gasteiger partial charge in [-0.2, -0.15) is 4.98 Å². The van der Waals surface area contributed by atoms with Crippen LogP contribution in [0.1, 0.15) is 56.6 Å². The van der Waals surface area contributed by atoms with Gasteiger partial charge in [0.25, 0.3) is 0 Å².